The SMILES string of the molecule is CCOC(C)(C)C(=O)c1cccc(OC)c1F. The second-order valence-corrected chi connectivity index (χ2v) is 4.09. The molecule has 1 aromatic rings. The van der Waals surface area contributed by atoms with Gasteiger partial charge in [-0.1, -0.05) is 6.07 Å². The second kappa shape index (κ2) is 5.27. The third-order valence-corrected chi connectivity index (χ3v) is 2.48. The average molecular weight is 240 g/mol. The highest BCUT2D eigenvalue weighted by Gasteiger charge is 2.31. The average Bonchev–Trinajstić information content (AvgIpc) is 2.28. The van der Waals surface area contributed by atoms with Crippen molar-refractivity contribution in [1.29, 1.82) is 0 Å². The number of ether oxygens (including phenoxy) is 2. The van der Waals surface area contributed by atoms with Crippen LogP contribution in [0.3, 0.4) is 0 Å². The molecule has 1 aromatic carbocycles. The Labute approximate surface area is 101 Å². The third-order valence-electron chi connectivity index (χ3n) is 2.48. The number of methoxy groups -OCH3 is 1. The molecule has 0 aliphatic rings. The number of hydrogen-bond acceptors (Lipinski definition) is 3. The van der Waals surface area contributed by atoms with Gasteiger partial charge >= 0.3 is 0 Å². The summed E-state index contributed by atoms with van der Waals surface area (Å²) in [4.78, 5) is 12.1. The minimum absolute atomic E-state index is 0.0113. The molecule has 1 rings (SSSR count). The van der Waals surface area contributed by atoms with Crippen LogP contribution < -0.4 is 4.74 Å². The van der Waals surface area contributed by atoms with Gasteiger partial charge in [-0.3, -0.25) is 4.79 Å². The van der Waals surface area contributed by atoms with Crippen molar-refractivity contribution in [3.05, 3.63) is 29.6 Å². The zero-order valence-corrected chi connectivity index (χ0v) is 10.5. The Morgan fingerprint density at radius 3 is 2.59 bits per heavy atom. The Bertz CT molecular complexity index is 413. The van der Waals surface area contributed by atoms with Crippen LogP contribution in [0.25, 0.3) is 0 Å². The van der Waals surface area contributed by atoms with Crippen LogP contribution in [0.5, 0.6) is 5.75 Å². The summed E-state index contributed by atoms with van der Waals surface area (Å²) >= 11 is 0. The van der Waals surface area contributed by atoms with E-state index in [1.807, 2.05) is 0 Å². The first kappa shape index (κ1) is 13.6. The van der Waals surface area contributed by atoms with Gasteiger partial charge in [-0.15, -0.1) is 0 Å². The van der Waals surface area contributed by atoms with E-state index >= 15 is 0 Å². The molecule has 4 heteroatoms. The van der Waals surface area contributed by atoms with E-state index in [4.69, 9.17) is 9.47 Å². The summed E-state index contributed by atoms with van der Waals surface area (Å²) in [5, 5.41) is 0. The molecule has 3 nitrogen and oxygen atoms in total. The van der Waals surface area contributed by atoms with E-state index in [0.717, 1.165) is 0 Å². The van der Waals surface area contributed by atoms with Crippen molar-refractivity contribution in [3.8, 4) is 5.75 Å². The summed E-state index contributed by atoms with van der Waals surface area (Å²) in [7, 11) is 1.36. The number of hydrogen-bond donors (Lipinski definition) is 0. The molecule has 0 aliphatic heterocycles. The number of Topliss-reactive ketones (excluding diaryl/α,β-unsaturated/α-hetero) is 1. The maximum Gasteiger partial charge on any atom is 0.197 e. The fraction of sp³-hybridized carbons (Fsp3) is 0.462. The van der Waals surface area contributed by atoms with Crippen LogP contribution in [0, 0.1) is 5.82 Å². The Kier molecular flexibility index (Phi) is 4.23. The Morgan fingerprint density at radius 2 is 2.06 bits per heavy atom. The fourth-order valence-electron chi connectivity index (χ4n) is 1.59. The van der Waals surface area contributed by atoms with Gasteiger partial charge < -0.3 is 9.47 Å². The predicted molar refractivity (Wildman–Crippen MR) is 63.0 cm³/mol. The minimum Gasteiger partial charge on any atom is -0.494 e. The Morgan fingerprint density at radius 1 is 1.41 bits per heavy atom. The van der Waals surface area contributed by atoms with Crippen LogP contribution >= 0.6 is 0 Å². The Balaban J connectivity index is 3.13. The summed E-state index contributed by atoms with van der Waals surface area (Å²) in [6.07, 6.45) is 0. The lowest BCUT2D eigenvalue weighted by Crippen LogP contribution is -2.35. The molecular formula is C13H17FO3. The number of carbonyl (C=O) groups excluding carboxylic acids is 1. The lowest BCUT2D eigenvalue weighted by Gasteiger charge is -2.23. The second-order valence-electron chi connectivity index (χ2n) is 4.09. The number of carbonyl (C=O) groups is 1. The van der Waals surface area contributed by atoms with E-state index < -0.39 is 17.2 Å². The van der Waals surface area contributed by atoms with E-state index in [-0.39, 0.29) is 11.3 Å². The number of ketones is 1. The quantitative estimate of drug-likeness (QED) is 0.742. The van der Waals surface area contributed by atoms with Gasteiger partial charge in [-0.2, -0.15) is 0 Å². The standard InChI is InChI=1S/C13H17FO3/c1-5-17-13(2,3)12(15)9-7-6-8-10(16-4)11(9)14/h6-8H,5H2,1-4H3. The van der Waals surface area contributed by atoms with Crippen molar-refractivity contribution in [2.24, 2.45) is 0 Å². The predicted octanol–water partition coefficient (Wildman–Crippen LogP) is 2.83. The summed E-state index contributed by atoms with van der Waals surface area (Å²) in [6, 6.07) is 4.48. The Hall–Kier alpha value is -1.42. The molecule has 0 N–H and O–H groups in total. The molecule has 0 aromatic heterocycles. The highest BCUT2D eigenvalue weighted by Crippen LogP contribution is 2.25. The van der Waals surface area contributed by atoms with Crippen molar-refractivity contribution in [2.45, 2.75) is 26.4 Å². The molecule has 0 aliphatic carbocycles. The van der Waals surface area contributed by atoms with E-state index in [0.29, 0.717) is 6.61 Å². The van der Waals surface area contributed by atoms with Crippen LogP contribution in [0.15, 0.2) is 18.2 Å². The molecule has 0 heterocycles. The number of benzene rings is 1. The summed E-state index contributed by atoms with van der Waals surface area (Å²) < 4.78 is 24.0. The molecule has 0 atom stereocenters. The molecule has 0 fully saturated rings. The third kappa shape index (κ3) is 2.82. The zero-order valence-electron chi connectivity index (χ0n) is 10.5. The van der Waals surface area contributed by atoms with E-state index in [9.17, 15) is 9.18 Å². The van der Waals surface area contributed by atoms with E-state index in [1.54, 1.807) is 26.8 Å². The van der Waals surface area contributed by atoms with Gasteiger partial charge in [0, 0.05) is 6.61 Å². The normalized spacial score (nSPS) is 11.4. The smallest absolute Gasteiger partial charge is 0.197 e. The molecule has 17 heavy (non-hydrogen) atoms. The molecular weight excluding hydrogens is 223 g/mol. The van der Waals surface area contributed by atoms with Crippen LogP contribution in [0.4, 0.5) is 4.39 Å². The van der Waals surface area contributed by atoms with Crippen LogP contribution in [-0.2, 0) is 4.74 Å². The maximum absolute atomic E-state index is 13.9. The van der Waals surface area contributed by atoms with Gasteiger partial charge in [0.25, 0.3) is 0 Å². The van der Waals surface area contributed by atoms with Crippen molar-refractivity contribution in [3.63, 3.8) is 0 Å². The summed E-state index contributed by atoms with van der Waals surface area (Å²) in [5.41, 5.74) is -1.05. The first-order valence-corrected chi connectivity index (χ1v) is 5.45. The topological polar surface area (TPSA) is 35.5 Å². The maximum atomic E-state index is 13.9. The van der Waals surface area contributed by atoms with E-state index in [1.165, 1.54) is 19.2 Å². The van der Waals surface area contributed by atoms with Gasteiger partial charge in [-0.25, -0.2) is 4.39 Å². The van der Waals surface area contributed by atoms with Gasteiger partial charge in [0.05, 0.1) is 12.7 Å². The van der Waals surface area contributed by atoms with E-state index in [2.05, 4.69) is 0 Å². The van der Waals surface area contributed by atoms with Gasteiger partial charge in [0.15, 0.2) is 17.3 Å². The zero-order chi connectivity index (χ0) is 13.1. The highest BCUT2D eigenvalue weighted by molar-refractivity contribution is 6.02. The van der Waals surface area contributed by atoms with Crippen molar-refractivity contribution < 1.29 is 18.7 Å². The van der Waals surface area contributed by atoms with Crippen molar-refractivity contribution in [2.75, 3.05) is 13.7 Å². The monoisotopic (exact) mass is 240 g/mol. The highest BCUT2D eigenvalue weighted by atomic mass is 19.1. The minimum atomic E-state index is -1.04. The lowest BCUT2D eigenvalue weighted by atomic mass is 9.96. The molecule has 0 unspecified atom stereocenters. The van der Waals surface area contributed by atoms with Crippen LogP contribution in [-0.4, -0.2) is 25.1 Å². The molecule has 94 valence electrons. The first-order valence-electron chi connectivity index (χ1n) is 5.45. The van der Waals surface area contributed by atoms with Gasteiger partial charge in [0.2, 0.25) is 0 Å². The molecule has 0 spiro atoms. The molecule has 0 saturated carbocycles. The van der Waals surface area contributed by atoms with Gasteiger partial charge in [0.1, 0.15) is 5.60 Å². The number of rotatable bonds is 5. The molecule has 0 amide bonds. The van der Waals surface area contributed by atoms with Crippen LogP contribution in [0.2, 0.25) is 0 Å². The summed E-state index contributed by atoms with van der Waals surface area (Å²) in [6.45, 7) is 5.43. The largest absolute Gasteiger partial charge is 0.494 e. The van der Waals surface area contributed by atoms with Crippen molar-refractivity contribution in [1.82, 2.24) is 0 Å². The lowest BCUT2D eigenvalue weighted by molar-refractivity contribution is 0.000921. The van der Waals surface area contributed by atoms with Crippen molar-refractivity contribution >= 4 is 5.78 Å². The fourth-order valence-corrected chi connectivity index (χ4v) is 1.59. The first-order chi connectivity index (χ1) is 7.94. The molecule has 0 bridgehead atoms. The number of halogens is 1. The molecule has 0 radical (unpaired) electrons. The van der Waals surface area contributed by atoms with Crippen LogP contribution in [0.1, 0.15) is 31.1 Å². The molecule has 0 saturated heterocycles. The summed E-state index contributed by atoms with van der Waals surface area (Å²) in [5.74, 6) is -0.980. The van der Waals surface area contributed by atoms with Gasteiger partial charge in [-0.05, 0) is 32.9 Å².